The number of ether oxygens (including phenoxy) is 2. The predicted octanol–water partition coefficient (Wildman–Crippen LogP) is 2.22. The van der Waals surface area contributed by atoms with Gasteiger partial charge in [0.25, 0.3) is 0 Å². The van der Waals surface area contributed by atoms with Gasteiger partial charge in [0.2, 0.25) is 0 Å². The molecule has 2 aliphatic rings. The number of fused-ring (bicyclic) bond motifs is 1. The molecule has 1 aromatic rings. The van der Waals surface area contributed by atoms with E-state index in [2.05, 4.69) is 31.2 Å². The van der Waals surface area contributed by atoms with Gasteiger partial charge in [0.15, 0.2) is 0 Å². The number of aryl methyl sites for hydroxylation is 1. The topological polar surface area (TPSA) is 18.5 Å². The summed E-state index contributed by atoms with van der Waals surface area (Å²) < 4.78 is 11.5. The molecule has 0 unspecified atom stereocenters. The van der Waals surface area contributed by atoms with Crippen molar-refractivity contribution in [3.63, 3.8) is 0 Å². The van der Waals surface area contributed by atoms with Crippen LogP contribution in [0, 0.1) is 6.92 Å². The highest BCUT2D eigenvalue weighted by atomic mass is 16.6. The van der Waals surface area contributed by atoms with Crippen molar-refractivity contribution in [3.8, 4) is 0 Å². The van der Waals surface area contributed by atoms with Crippen LogP contribution in [-0.4, -0.2) is 18.8 Å². The lowest BCUT2D eigenvalue weighted by Crippen LogP contribution is -2.44. The van der Waals surface area contributed by atoms with Crippen LogP contribution in [0.4, 0.5) is 0 Å². The minimum atomic E-state index is 0.184. The second kappa shape index (κ2) is 3.07. The molecule has 3 atom stereocenters. The summed E-state index contributed by atoms with van der Waals surface area (Å²) >= 11 is 0. The van der Waals surface area contributed by atoms with Gasteiger partial charge in [-0.3, -0.25) is 0 Å². The minimum absolute atomic E-state index is 0.184. The van der Waals surface area contributed by atoms with Gasteiger partial charge in [0, 0.05) is 6.61 Å². The minimum Gasteiger partial charge on any atom is -0.372 e. The molecule has 0 bridgehead atoms. The lowest BCUT2D eigenvalue weighted by Gasteiger charge is -2.40. The Bertz CT molecular complexity index is 348. The third kappa shape index (κ3) is 1.11. The summed E-state index contributed by atoms with van der Waals surface area (Å²) in [6.07, 6.45) is 1.92. The Morgan fingerprint density at radius 3 is 2.93 bits per heavy atom. The maximum absolute atomic E-state index is 5.80. The molecule has 14 heavy (non-hydrogen) atoms. The number of benzene rings is 1. The average Bonchev–Trinajstić information content (AvgIpc) is 2.52. The largest absolute Gasteiger partial charge is 0.372 e. The summed E-state index contributed by atoms with van der Waals surface area (Å²) in [5.41, 5.74) is 2.59. The van der Waals surface area contributed by atoms with Crippen LogP contribution in [-0.2, 0) is 9.47 Å². The Labute approximate surface area is 83.8 Å². The maximum Gasteiger partial charge on any atom is 0.114 e. The molecular formula is C12H14O2. The zero-order valence-corrected chi connectivity index (χ0v) is 8.27. The van der Waals surface area contributed by atoms with E-state index < -0.39 is 0 Å². The third-order valence-electron chi connectivity index (χ3n) is 3.19. The molecule has 0 N–H and O–H groups in total. The first-order valence-corrected chi connectivity index (χ1v) is 5.19. The molecular weight excluding hydrogens is 176 g/mol. The smallest absolute Gasteiger partial charge is 0.114 e. The second-order valence-electron chi connectivity index (χ2n) is 4.08. The zero-order chi connectivity index (χ0) is 9.54. The monoisotopic (exact) mass is 190 g/mol. The molecule has 0 aliphatic carbocycles. The van der Waals surface area contributed by atoms with Crippen LogP contribution < -0.4 is 0 Å². The first-order valence-electron chi connectivity index (χ1n) is 5.19. The van der Waals surface area contributed by atoms with Gasteiger partial charge in [-0.1, -0.05) is 24.3 Å². The number of rotatable bonds is 1. The summed E-state index contributed by atoms with van der Waals surface area (Å²) in [5.74, 6) is 0. The average molecular weight is 190 g/mol. The summed E-state index contributed by atoms with van der Waals surface area (Å²) in [5, 5.41) is 0. The van der Waals surface area contributed by atoms with Gasteiger partial charge in [-0.25, -0.2) is 0 Å². The molecule has 0 saturated carbocycles. The quantitative estimate of drug-likeness (QED) is 0.676. The Hall–Kier alpha value is -0.860. The highest BCUT2D eigenvalue weighted by Gasteiger charge is 2.47. The van der Waals surface area contributed by atoms with Gasteiger partial charge >= 0.3 is 0 Å². The summed E-state index contributed by atoms with van der Waals surface area (Å²) in [7, 11) is 0. The number of hydrogen-bond donors (Lipinski definition) is 0. The van der Waals surface area contributed by atoms with Crippen LogP contribution in [0.2, 0.25) is 0 Å². The van der Waals surface area contributed by atoms with E-state index in [0.717, 1.165) is 13.0 Å². The number of hydrogen-bond acceptors (Lipinski definition) is 2. The molecule has 2 fully saturated rings. The Morgan fingerprint density at radius 1 is 1.29 bits per heavy atom. The molecule has 2 nitrogen and oxygen atoms in total. The lowest BCUT2D eigenvalue weighted by atomic mass is 9.91. The fourth-order valence-electron chi connectivity index (χ4n) is 2.35. The van der Waals surface area contributed by atoms with E-state index in [1.807, 2.05) is 0 Å². The van der Waals surface area contributed by atoms with Crippen molar-refractivity contribution in [1.82, 2.24) is 0 Å². The van der Waals surface area contributed by atoms with Crippen LogP contribution in [0.3, 0.4) is 0 Å². The van der Waals surface area contributed by atoms with Gasteiger partial charge in [-0.05, 0) is 24.5 Å². The zero-order valence-electron chi connectivity index (χ0n) is 8.27. The fourth-order valence-corrected chi connectivity index (χ4v) is 2.35. The van der Waals surface area contributed by atoms with E-state index in [1.54, 1.807) is 0 Å². The molecule has 2 aliphatic heterocycles. The van der Waals surface area contributed by atoms with Gasteiger partial charge in [0.05, 0.1) is 6.10 Å². The molecule has 74 valence electrons. The molecule has 0 aromatic heterocycles. The van der Waals surface area contributed by atoms with E-state index in [9.17, 15) is 0 Å². The van der Waals surface area contributed by atoms with Crippen LogP contribution in [0.1, 0.15) is 23.7 Å². The van der Waals surface area contributed by atoms with Crippen molar-refractivity contribution in [2.24, 2.45) is 0 Å². The van der Waals surface area contributed by atoms with Crippen LogP contribution in [0.25, 0.3) is 0 Å². The van der Waals surface area contributed by atoms with Crippen molar-refractivity contribution in [2.45, 2.75) is 31.7 Å². The standard InChI is InChI=1S/C12H14O2/c1-8-4-2-3-5-9(8)11-12-10(14-11)6-7-13-12/h2-5,10-12H,6-7H2,1H3/t10-,11+,12-/m1/s1. The molecule has 0 radical (unpaired) electrons. The van der Waals surface area contributed by atoms with E-state index in [0.29, 0.717) is 12.2 Å². The fraction of sp³-hybridized carbons (Fsp3) is 0.500. The Balaban J connectivity index is 1.87. The van der Waals surface area contributed by atoms with Crippen molar-refractivity contribution < 1.29 is 9.47 Å². The molecule has 0 spiro atoms. The molecule has 2 heterocycles. The van der Waals surface area contributed by atoms with Crippen LogP contribution in [0.5, 0.6) is 0 Å². The van der Waals surface area contributed by atoms with Crippen LogP contribution in [0.15, 0.2) is 24.3 Å². The van der Waals surface area contributed by atoms with Crippen LogP contribution >= 0.6 is 0 Å². The van der Waals surface area contributed by atoms with E-state index >= 15 is 0 Å². The van der Waals surface area contributed by atoms with Gasteiger partial charge in [-0.15, -0.1) is 0 Å². The van der Waals surface area contributed by atoms with E-state index in [-0.39, 0.29) is 6.10 Å². The highest BCUT2D eigenvalue weighted by molar-refractivity contribution is 5.30. The van der Waals surface area contributed by atoms with Gasteiger partial charge < -0.3 is 9.47 Å². The third-order valence-corrected chi connectivity index (χ3v) is 3.19. The van der Waals surface area contributed by atoms with Crippen molar-refractivity contribution in [1.29, 1.82) is 0 Å². The normalized spacial score (nSPS) is 35.1. The first kappa shape index (κ1) is 8.45. The Morgan fingerprint density at radius 2 is 2.14 bits per heavy atom. The van der Waals surface area contributed by atoms with Crippen molar-refractivity contribution in [2.75, 3.05) is 6.61 Å². The van der Waals surface area contributed by atoms with E-state index in [4.69, 9.17) is 9.47 Å². The van der Waals surface area contributed by atoms with Gasteiger partial charge in [-0.2, -0.15) is 0 Å². The Kier molecular flexibility index (Phi) is 1.85. The maximum atomic E-state index is 5.80. The molecule has 2 saturated heterocycles. The molecule has 3 rings (SSSR count). The summed E-state index contributed by atoms with van der Waals surface area (Å²) in [6.45, 7) is 2.98. The van der Waals surface area contributed by atoms with E-state index in [1.165, 1.54) is 11.1 Å². The van der Waals surface area contributed by atoms with Gasteiger partial charge in [0.1, 0.15) is 12.2 Å². The molecule has 2 heteroatoms. The highest BCUT2D eigenvalue weighted by Crippen LogP contribution is 2.43. The predicted molar refractivity (Wildman–Crippen MR) is 53.2 cm³/mol. The second-order valence-corrected chi connectivity index (χ2v) is 4.08. The first-order chi connectivity index (χ1) is 6.86. The van der Waals surface area contributed by atoms with Crippen molar-refractivity contribution >= 4 is 0 Å². The SMILES string of the molecule is Cc1ccccc1[C@@H]1O[C@@H]2CCO[C@H]21. The molecule has 0 amide bonds. The molecule has 1 aromatic carbocycles. The summed E-state index contributed by atoms with van der Waals surface area (Å²) in [4.78, 5) is 0. The lowest BCUT2D eigenvalue weighted by molar-refractivity contribution is -0.202. The van der Waals surface area contributed by atoms with Crippen molar-refractivity contribution in [3.05, 3.63) is 35.4 Å². The summed E-state index contributed by atoms with van der Waals surface area (Å²) in [6, 6.07) is 8.39.